The van der Waals surface area contributed by atoms with Crippen molar-refractivity contribution >= 4 is 5.69 Å². The van der Waals surface area contributed by atoms with Crippen LogP contribution in [0.4, 0.5) is 10.1 Å². The van der Waals surface area contributed by atoms with Crippen LogP contribution in [0.1, 0.15) is 11.1 Å². The van der Waals surface area contributed by atoms with Gasteiger partial charge in [-0.3, -0.25) is 0 Å². The van der Waals surface area contributed by atoms with Gasteiger partial charge in [-0.1, -0.05) is 5.11 Å². The monoisotopic (exact) mass is 176 g/mol. The van der Waals surface area contributed by atoms with Crippen molar-refractivity contribution in [3.8, 4) is 6.07 Å². The molecule has 0 bridgehead atoms. The Morgan fingerprint density at radius 2 is 2.31 bits per heavy atom. The average molecular weight is 176 g/mol. The fourth-order valence-electron chi connectivity index (χ4n) is 0.998. The quantitative estimate of drug-likeness (QED) is 0.368. The summed E-state index contributed by atoms with van der Waals surface area (Å²) >= 11 is 0. The molecule has 13 heavy (non-hydrogen) atoms. The smallest absolute Gasteiger partial charge is 0.124 e. The molecule has 0 unspecified atom stereocenters. The number of hydrogen-bond donors (Lipinski definition) is 0. The van der Waals surface area contributed by atoms with Crippen molar-refractivity contribution in [1.29, 1.82) is 5.26 Å². The third kappa shape index (κ3) is 1.75. The predicted octanol–water partition coefficient (Wildman–Crippen LogP) is 2.95. The molecule has 0 aliphatic heterocycles. The molecule has 0 spiro atoms. The normalized spacial score (nSPS) is 8.69. The van der Waals surface area contributed by atoms with Crippen LogP contribution in [-0.2, 0) is 0 Å². The number of hydrogen-bond acceptors (Lipinski definition) is 2. The molecule has 1 rings (SSSR count). The summed E-state index contributed by atoms with van der Waals surface area (Å²) < 4.78 is 12.8. The molecule has 64 valence electrons. The van der Waals surface area contributed by atoms with E-state index in [2.05, 4.69) is 10.0 Å². The fraction of sp³-hybridized carbons (Fsp3) is 0.125. The standard InChI is InChI=1S/C8H5FN4/c1-5-2-6(9)3-8(12-13-11)7(5)4-10/h2-3H,1H3. The van der Waals surface area contributed by atoms with E-state index < -0.39 is 5.82 Å². The Hall–Kier alpha value is -2.05. The fourth-order valence-corrected chi connectivity index (χ4v) is 0.998. The van der Waals surface area contributed by atoms with Crippen LogP contribution in [-0.4, -0.2) is 0 Å². The first-order valence-corrected chi connectivity index (χ1v) is 3.44. The van der Waals surface area contributed by atoms with E-state index in [4.69, 9.17) is 10.8 Å². The Bertz CT molecular complexity index is 427. The molecule has 0 saturated carbocycles. The SMILES string of the molecule is Cc1cc(F)cc(N=[N+]=[N-])c1C#N. The Morgan fingerprint density at radius 3 is 2.85 bits per heavy atom. The molecule has 4 nitrogen and oxygen atoms in total. The molecule has 0 aliphatic carbocycles. The van der Waals surface area contributed by atoms with E-state index in [0.717, 1.165) is 6.07 Å². The van der Waals surface area contributed by atoms with Gasteiger partial charge in [-0.05, 0) is 30.2 Å². The first kappa shape index (κ1) is 9.04. The second-order valence-corrected chi connectivity index (χ2v) is 2.42. The summed E-state index contributed by atoms with van der Waals surface area (Å²) in [5.41, 5.74) is 8.85. The zero-order valence-corrected chi connectivity index (χ0v) is 6.82. The van der Waals surface area contributed by atoms with E-state index in [1.54, 1.807) is 6.92 Å². The summed E-state index contributed by atoms with van der Waals surface area (Å²) in [6, 6.07) is 4.09. The van der Waals surface area contributed by atoms with E-state index in [1.165, 1.54) is 6.07 Å². The van der Waals surface area contributed by atoms with Gasteiger partial charge in [0.05, 0.1) is 17.3 Å². The van der Waals surface area contributed by atoms with Crippen molar-refractivity contribution in [2.75, 3.05) is 0 Å². The highest BCUT2D eigenvalue weighted by Crippen LogP contribution is 2.23. The van der Waals surface area contributed by atoms with Gasteiger partial charge in [0.25, 0.3) is 0 Å². The molecule has 0 atom stereocenters. The van der Waals surface area contributed by atoms with Gasteiger partial charge in [-0.2, -0.15) is 5.26 Å². The highest BCUT2D eigenvalue weighted by atomic mass is 19.1. The lowest BCUT2D eigenvalue weighted by molar-refractivity contribution is 0.627. The Morgan fingerprint density at radius 1 is 1.62 bits per heavy atom. The predicted molar refractivity (Wildman–Crippen MR) is 44.7 cm³/mol. The summed E-state index contributed by atoms with van der Waals surface area (Å²) in [6.45, 7) is 1.58. The number of nitriles is 1. The van der Waals surface area contributed by atoms with E-state index in [1.807, 2.05) is 6.07 Å². The minimum absolute atomic E-state index is 0.0301. The molecule has 0 radical (unpaired) electrons. The summed E-state index contributed by atoms with van der Waals surface area (Å²) in [5.74, 6) is -0.515. The van der Waals surface area contributed by atoms with Crippen LogP contribution < -0.4 is 0 Å². The van der Waals surface area contributed by atoms with Crippen molar-refractivity contribution in [3.63, 3.8) is 0 Å². The van der Waals surface area contributed by atoms with Crippen LogP contribution in [0.2, 0.25) is 0 Å². The second-order valence-electron chi connectivity index (χ2n) is 2.42. The maximum Gasteiger partial charge on any atom is 0.124 e. The summed E-state index contributed by atoms with van der Waals surface area (Å²) in [5, 5.41) is 11.9. The maximum atomic E-state index is 12.8. The Labute approximate surface area is 73.9 Å². The Balaban J connectivity index is 3.49. The van der Waals surface area contributed by atoms with Crippen LogP contribution in [0.15, 0.2) is 17.2 Å². The molecule has 0 aromatic heterocycles. The second kappa shape index (κ2) is 3.57. The molecule has 0 fully saturated rings. The molecule has 0 heterocycles. The minimum Gasteiger partial charge on any atom is -0.207 e. The first-order valence-electron chi connectivity index (χ1n) is 3.44. The lowest BCUT2D eigenvalue weighted by Gasteiger charge is -2.00. The van der Waals surface area contributed by atoms with Crippen molar-refractivity contribution in [3.05, 3.63) is 39.5 Å². The molecule has 5 heteroatoms. The number of nitrogens with zero attached hydrogens (tertiary/aromatic N) is 4. The summed E-state index contributed by atoms with van der Waals surface area (Å²) in [4.78, 5) is 2.50. The van der Waals surface area contributed by atoms with Crippen LogP contribution in [0.25, 0.3) is 10.4 Å². The first-order chi connectivity index (χ1) is 6.19. The molecule has 0 N–H and O–H groups in total. The van der Waals surface area contributed by atoms with Gasteiger partial charge in [0.15, 0.2) is 0 Å². The number of aryl methyl sites for hydroxylation is 1. The largest absolute Gasteiger partial charge is 0.207 e. The number of azide groups is 1. The van der Waals surface area contributed by atoms with Gasteiger partial charge in [0.1, 0.15) is 5.82 Å². The zero-order valence-electron chi connectivity index (χ0n) is 6.82. The number of rotatable bonds is 1. The lowest BCUT2D eigenvalue weighted by atomic mass is 10.1. The van der Waals surface area contributed by atoms with Gasteiger partial charge in [-0.25, -0.2) is 4.39 Å². The van der Waals surface area contributed by atoms with Gasteiger partial charge in [0.2, 0.25) is 0 Å². The highest BCUT2D eigenvalue weighted by molar-refractivity contribution is 5.57. The van der Waals surface area contributed by atoms with E-state index in [0.29, 0.717) is 5.56 Å². The van der Waals surface area contributed by atoms with Crippen molar-refractivity contribution < 1.29 is 4.39 Å². The van der Waals surface area contributed by atoms with E-state index in [-0.39, 0.29) is 11.3 Å². The molecule has 0 amide bonds. The third-order valence-electron chi connectivity index (χ3n) is 1.54. The van der Waals surface area contributed by atoms with Crippen molar-refractivity contribution in [2.24, 2.45) is 5.11 Å². The molecule has 0 saturated heterocycles. The molecular weight excluding hydrogens is 171 g/mol. The topological polar surface area (TPSA) is 72.6 Å². The van der Waals surface area contributed by atoms with Crippen LogP contribution in [0.5, 0.6) is 0 Å². The van der Waals surface area contributed by atoms with Crippen LogP contribution in [0, 0.1) is 24.1 Å². The van der Waals surface area contributed by atoms with Gasteiger partial charge in [-0.15, -0.1) is 0 Å². The maximum absolute atomic E-state index is 12.8. The van der Waals surface area contributed by atoms with Gasteiger partial charge < -0.3 is 0 Å². The summed E-state index contributed by atoms with van der Waals surface area (Å²) in [7, 11) is 0. The molecule has 0 aliphatic rings. The number of benzene rings is 1. The molecule has 1 aromatic carbocycles. The van der Waals surface area contributed by atoms with Gasteiger partial charge >= 0.3 is 0 Å². The van der Waals surface area contributed by atoms with Crippen molar-refractivity contribution in [1.82, 2.24) is 0 Å². The van der Waals surface area contributed by atoms with Crippen LogP contribution >= 0.6 is 0 Å². The van der Waals surface area contributed by atoms with Crippen LogP contribution in [0.3, 0.4) is 0 Å². The highest BCUT2D eigenvalue weighted by Gasteiger charge is 2.05. The van der Waals surface area contributed by atoms with Crippen molar-refractivity contribution in [2.45, 2.75) is 6.92 Å². The lowest BCUT2D eigenvalue weighted by Crippen LogP contribution is -1.85. The van der Waals surface area contributed by atoms with Gasteiger partial charge in [0, 0.05) is 4.91 Å². The summed E-state index contributed by atoms with van der Waals surface area (Å²) in [6.07, 6.45) is 0. The Kier molecular flexibility index (Phi) is 2.48. The van der Waals surface area contributed by atoms with E-state index in [9.17, 15) is 4.39 Å². The number of halogens is 1. The molecular formula is C8H5FN4. The minimum atomic E-state index is -0.515. The molecule has 1 aromatic rings. The average Bonchev–Trinajstić information content (AvgIpc) is 2.04. The third-order valence-corrected chi connectivity index (χ3v) is 1.54. The zero-order chi connectivity index (χ0) is 9.84. The van der Waals surface area contributed by atoms with E-state index >= 15 is 0 Å².